The molecule has 3 heterocycles. The molecular weight excluding hydrogens is 511 g/mol. The highest BCUT2D eigenvalue weighted by Crippen LogP contribution is 2.66. The Kier molecular flexibility index (Phi) is 6.26. The minimum Gasteiger partial charge on any atom is -0.372 e. The van der Waals surface area contributed by atoms with Gasteiger partial charge in [0, 0.05) is 67.9 Å². The molecule has 3 N–H and O–H groups in total. The largest absolute Gasteiger partial charge is 0.372 e. The minimum absolute atomic E-state index is 0.0487. The molecule has 1 saturated carbocycles. The Morgan fingerprint density at radius 1 is 1.25 bits per heavy atom. The van der Waals surface area contributed by atoms with Crippen molar-refractivity contribution in [1.82, 2.24) is 19.4 Å². The first kappa shape index (κ1) is 26.2. The van der Waals surface area contributed by atoms with Crippen LogP contribution in [-0.2, 0) is 17.9 Å². The van der Waals surface area contributed by atoms with Crippen LogP contribution in [0.4, 0.5) is 15.9 Å². The van der Waals surface area contributed by atoms with Crippen molar-refractivity contribution in [1.29, 1.82) is 5.26 Å². The SMILES string of the molecule is CCn1c2c3c(cc(CN4CCN(C5=CC=C(C(N)=O)CC5(C)C5(CC#N)CC5)CC4)c(F)c3nc1=O)NC=N2. The molecule has 0 bridgehead atoms. The second-order valence-corrected chi connectivity index (χ2v) is 11.5. The first-order chi connectivity index (χ1) is 19.2. The minimum atomic E-state index is -0.512. The predicted molar refractivity (Wildman–Crippen MR) is 150 cm³/mol. The maximum atomic E-state index is 15.7. The maximum absolute atomic E-state index is 15.7. The van der Waals surface area contributed by atoms with Gasteiger partial charge in [0.15, 0.2) is 5.82 Å². The lowest BCUT2D eigenvalue weighted by Gasteiger charge is -2.48. The molecule has 1 aromatic heterocycles. The van der Waals surface area contributed by atoms with Gasteiger partial charge in [-0.1, -0.05) is 13.0 Å². The Morgan fingerprint density at radius 2 is 2.00 bits per heavy atom. The van der Waals surface area contributed by atoms with E-state index in [0.29, 0.717) is 67.0 Å². The summed E-state index contributed by atoms with van der Waals surface area (Å²) in [6.45, 7) is 7.68. The van der Waals surface area contributed by atoms with Crippen molar-refractivity contribution in [2.24, 2.45) is 21.6 Å². The highest BCUT2D eigenvalue weighted by atomic mass is 19.1. The van der Waals surface area contributed by atoms with Crippen molar-refractivity contribution in [2.75, 3.05) is 31.5 Å². The molecule has 2 fully saturated rings. The van der Waals surface area contributed by atoms with E-state index in [9.17, 15) is 14.9 Å². The van der Waals surface area contributed by atoms with Gasteiger partial charge in [-0.2, -0.15) is 10.2 Å². The van der Waals surface area contributed by atoms with Crippen LogP contribution in [0.5, 0.6) is 0 Å². The molecular formula is C29H33FN8O2. The fraction of sp³-hybridized carbons (Fsp3) is 0.483. The molecule has 2 aromatic rings. The molecule has 10 nitrogen and oxygen atoms in total. The number of hydrogen-bond acceptors (Lipinski definition) is 8. The molecule has 11 heteroatoms. The predicted octanol–water partition coefficient (Wildman–Crippen LogP) is 3.16. The van der Waals surface area contributed by atoms with Crippen molar-refractivity contribution in [2.45, 2.75) is 52.6 Å². The normalized spacial score (nSPS) is 23.3. The Bertz CT molecular complexity index is 1600. The molecule has 1 unspecified atom stereocenters. The maximum Gasteiger partial charge on any atom is 0.349 e. The van der Waals surface area contributed by atoms with Gasteiger partial charge in [0.25, 0.3) is 0 Å². The summed E-state index contributed by atoms with van der Waals surface area (Å²) in [7, 11) is 0. The summed E-state index contributed by atoms with van der Waals surface area (Å²) >= 11 is 0. The van der Waals surface area contributed by atoms with Gasteiger partial charge in [-0.3, -0.25) is 14.3 Å². The lowest BCUT2D eigenvalue weighted by atomic mass is 9.64. The van der Waals surface area contributed by atoms with E-state index in [4.69, 9.17) is 5.73 Å². The number of aromatic nitrogens is 2. The number of anilines is 1. The number of nitrogens with one attached hydrogen (secondary N) is 1. The van der Waals surface area contributed by atoms with Crippen LogP contribution >= 0.6 is 0 Å². The van der Waals surface area contributed by atoms with Crippen LogP contribution in [0, 0.1) is 28.0 Å². The van der Waals surface area contributed by atoms with Gasteiger partial charge in [0.1, 0.15) is 11.3 Å². The van der Waals surface area contributed by atoms with Crippen LogP contribution in [0.2, 0.25) is 0 Å². The van der Waals surface area contributed by atoms with Crippen LogP contribution in [-0.4, -0.2) is 57.8 Å². The van der Waals surface area contributed by atoms with Crippen LogP contribution in [0.3, 0.4) is 0 Å². The molecule has 1 aromatic carbocycles. The monoisotopic (exact) mass is 544 g/mol. The molecule has 0 radical (unpaired) electrons. The summed E-state index contributed by atoms with van der Waals surface area (Å²) in [6, 6.07) is 4.17. The molecule has 208 valence electrons. The van der Waals surface area contributed by atoms with E-state index in [2.05, 4.69) is 38.1 Å². The van der Waals surface area contributed by atoms with E-state index >= 15 is 4.39 Å². The van der Waals surface area contributed by atoms with Crippen molar-refractivity contribution in [3.8, 4) is 6.07 Å². The quantitative estimate of drug-likeness (QED) is 0.547. The number of nitrogens with zero attached hydrogens (tertiary/aromatic N) is 6. The molecule has 4 aliphatic rings. The summed E-state index contributed by atoms with van der Waals surface area (Å²) in [6.07, 6.45) is 8.28. The number of halogens is 1. The summed E-state index contributed by atoms with van der Waals surface area (Å²) in [5, 5.41) is 13.2. The average Bonchev–Trinajstić information content (AvgIpc) is 3.73. The number of carbonyl (C=O) groups excluding carboxylic acids is 1. The summed E-state index contributed by atoms with van der Waals surface area (Å²) in [5.41, 5.74) is 7.63. The van der Waals surface area contributed by atoms with Gasteiger partial charge in [0.05, 0.1) is 23.5 Å². The number of hydrogen-bond donors (Lipinski definition) is 2. The van der Waals surface area contributed by atoms with Gasteiger partial charge in [-0.25, -0.2) is 14.2 Å². The number of allylic oxidation sites excluding steroid dienone is 3. The van der Waals surface area contributed by atoms with E-state index in [1.807, 2.05) is 19.1 Å². The van der Waals surface area contributed by atoms with E-state index < -0.39 is 17.4 Å². The molecule has 6 rings (SSSR count). The van der Waals surface area contributed by atoms with Crippen molar-refractivity contribution in [3.63, 3.8) is 0 Å². The number of aliphatic imine (C=N–C) groups is 1. The van der Waals surface area contributed by atoms with E-state index in [1.165, 1.54) is 10.9 Å². The molecule has 1 amide bonds. The highest BCUT2D eigenvalue weighted by molar-refractivity contribution is 6.06. The molecule has 2 aliphatic carbocycles. The van der Waals surface area contributed by atoms with Gasteiger partial charge in [0.2, 0.25) is 5.91 Å². The first-order valence-corrected chi connectivity index (χ1v) is 13.8. The van der Waals surface area contributed by atoms with Crippen molar-refractivity contribution >= 4 is 34.7 Å². The Balaban J connectivity index is 1.24. The second kappa shape index (κ2) is 9.55. The fourth-order valence-corrected chi connectivity index (χ4v) is 6.81. The second-order valence-electron chi connectivity index (χ2n) is 11.5. The van der Waals surface area contributed by atoms with Gasteiger partial charge < -0.3 is 16.0 Å². The van der Waals surface area contributed by atoms with Crippen LogP contribution in [0.25, 0.3) is 10.9 Å². The van der Waals surface area contributed by atoms with E-state index in [-0.39, 0.29) is 16.3 Å². The van der Waals surface area contributed by atoms with Gasteiger partial charge in [-0.15, -0.1) is 0 Å². The molecule has 1 atom stereocenters. The van der Waals surface area contributed by atoms with Crippen molar-refractivity contribution < 1.29 is 9.18 Å². The zero-order valence-corrected chi connectivity index (χ0v) is 22.8. The molecule has 2 aliphatic heterocycles. The zero-order chi connectivity index (χ0) is 28.2. The Morgan fingerprint density at radius 3 is 2.65 bits per heavy atom. The standard InChI is InChI=1S/C29H33FN8O2/c1-3-38-26-22-20(33-17-34-26)14-19(23(30)24(22)35-27(38)40)16-36-10-12-37(13-11-36)21-5-4-18(25(32)39)15-28(21,2)29(6-7-29)8-9-31/h4-5,14,17H,3,6-8,10-13,15-16H2,1-2H3,(H2,32,39)(H,33,34). The third-order valence-electron chi connectivity index (χ3n) is 9.37. The Labute approximate surface area is 231 Å². The lowest BCUT2D eigenvalue weighted by molar-refractivity contribution is -0.115. The molecule has 40 heavy (non-hydrogen) atoms. The average molecular weight is 545 g/mol. The van der Waals surface area contributed by atoms with Crippen LogP contribution < -0.4 is 16.7 Å². The number of piperazine rings is 1. The summed E-state index contributed by atoms with van der Waals surface area (Å²) in [4.78, 5) is 37.5. The number of rotatable bonds is 7. The third kappa shape index (κ3) is 4.01. The smallest absolute Gasteiger partial charge is 0.349 e. The number of benzene rings is 1. The van der Waals surface area contributed by atoms with E-state index in [0.717, 1.165) is 31.6 Å². The van der Waals surface area contributed by atoms with E-state index in [1.54, 1.807) is 6.07 Å². The lowest BCUT2D eigenvalue weighted by Crippen LogP contribution is -2.50. The Hall–Kier alpha value is -4.04. The summed E-state index contributed by atoms with van der Waals surface area (Å²) in [5.74, 6) is -0.473. The zero-order valence-electron chi connectivity index (χ0n) is 22.8. The fourth-order valence-electron chi connectivity index (χ4n) is 6.81. The van der Waals surface area contributed by atoms with Crippen LogP contribution in [0.1, 0.15) is 45.1 Å². The number of primary amides is 1. The number of nitriles is 1. The number of amides is 1. The number of nitrogens with two attached hydrogens (primary N) is 1. The molecule has 0 spiro atoms. The van der Waals surface area contributed by atoms with Gasteiger partial charge in [-0.05, 0) is 43.7 Å². The van der Waals surface area contributed by atoms with Crippen LogP contribution in [0.15, 0.2) is 39.3 Å². The third-order valence-corrected chi connectivity index (χ3v) is 9.37. The van der Waals surface area contributed by atoms with Gasteiger partial charge >= 0.3 is 5.69 Å². The number of carbonyl (C=O) groups is 1. The topological polar surface area (TPSA) is 133 Å². The summed E-state index contributed by atoms with van der Waals surface area (Å²) < 4.78 is 17.2. The molecule has 1 saturated heterocycles. The van der Waals surface area contributed by atoms with Crippen molar-refractivity contribution in [3.05, 3.63) is 51.4 Å². The highest BCUT2D eigenvalue weighted by Gasteiger charge is 2.59. The first-order valence-electron chi connectivity index (χ1n) is 13.8.